The maximum atomic E-state index is 5.30. The topological polar surface area (TPSA) is 44.0 Å². The molecule has 1 aromatic carbocycles. The number of nitrogens with one attached hydrogen (secondary N) is 2. The van der Waals surface area contributed by atoms with Crippen LogP contribution in [0.2, 0.25) is 0 Å². The summed E-state index contributed by atoms with van der Waals surface area (Å²) in [7, 11) is 0. The molecule has 2 N–H and O–H groups in total. The van der Waals surface area contributed by atoms with Crippen molar-refractivity contribution in [3.05, 3.63) is 45.9 Å². The van der Waals surface area contributed by atoms with Gasteiger partial charge in [-0.3, -0.25) is 0 Å². The van der Waals surface area contributed by atoms with Crippen molar-refractivity contribution in [2.75, 3.05) is 18.0 Å². The second kappa shape index (κ2) is 4.68. The van der Waals surface area contributed by atoms with E-state index in [1.54, 1.807) is 0 Å². The Morgan fingerprint density at radius 1 is 1.20 bits per heavy atom. The molecule has 0 atom stereocenters. The Balaban J connectivity index is 1.88. The van der Waals surface area contributed by atoms with Gasteiger partial charge in [0, 0.05) is 30.0 Å². The van der Waals surface area contributed by atoms with Crippen molar-refractivity contribution in [2.24, 2.45) is 0 Å². The van der Waals surface area contributed by atoms with Crippen LogP contribution in [0.4, 0.5) is 11.5 Å². The Morgan fingerprint density at radius 3 is 3.05 bits per heavy atom. The van der Waals surface area contributed by atoms with Crippen LogP contribution in [0.5, 0.6) is 0 Å². The number of nitrogens with zero attached hydrogens (tertiary/aromatic N) is 2. The number of hydrogen-bond acceptors (Lipinski definition) is 4. The summed E-state index contributed by atoms with van der Waals surface area (Å²) < 4.78 is 0.576. The number of fused-ring (bicyclic) bond motifs is 2. The number of aromatic nitrogens is 2. The summed E-state index contributed by atoms with van der Waals surface area (Å²) in [5, 5.41) is 3.38. The molecular weight excluding hydrogens is 268 g/mol. The fourth-order valence-electron chi connectivity index (χ4n) is 3.15. The smallest absolute Gasteiger partial charge is 0.199 e. The van der Waals surface area contributed by atoms with Gasteiger partial charge in [0.2, 0.25) is 0 Å². The highest BCUT2D eigenvalue weighted by atomic mass is 32.1. The zero-order valence-corrected chi connectivity index (χ0v) is 12.0. The molecule has 1 aromatic heterocycles. The molecular formula is C15H16N4S. The van der Waals surface area contributed by atoms with E-state index >= 15 is 0 Å². The standard InChI is InChI=1S/C15H16N4S/c20-15-17-12-9-16-7-5-11(12)14(18-15)19-8-6-10-3-1-2-4-13(10)19/h1-4,16H,5-9H2,(H,17,18,20). The Hall–Kier alpha value is -1.72. The van der Waals surface area contributed by atoms with Crippen LogP contribution >= 0.6 is 12.2 Å². The first kappa shape index (κ1) is 12.1. The molecule has 5 heteroatoms. The molecule has 4 nitrogen and oxygen atoms in total. The molecule has 0 radical (unpaired) electrons. The predicted octanol–water partition coefficient (Wildman–Crippen LogP) is 2.48. The second-order valence-electron chi connectivity index (χ2n) is 5.28. The summed E-state index contributed by atoms with van der Waals surface area (Å²) in [6.45, 7) is 2.84. The lowest BCUT2D eigenvalue weighted by molar-refractivity contribution is 0.621. The third-order valence-electron chi connectivity index (χ3n) is 4.10. The number of benzene rings is 1. The van der Waals surface area contributed by atoms with E-state index in [1.807, 2.05) is 0 Å². The molecule has 102 valence electrons. The zero-order chi connectivity index (χ0) is 13.5. The molecule has 3 heterocycles. The zero-order valence-electron chi connectivity index (χ0n) is 11.1. The minimum atomic E-state index is 0.576. The van der Waals surface area contributed by atoms with Gasteiger partial charge in [-0.1, -0.05) is 18.2 Å². The summed E-state index contributed by atoms with van der Waals surface area (Å²) in [6.07, 6.45) is 2.08. The van der Waals surface area contributed by atoms with E-state index in [0.29, 0.717) is 4.77 Å². The van der Waals surface area contributed by atoms with Crippen molar-refractivity contribution in [1.29, 1.82) is 0 Å². The number of rotatable bonds is 1. The van der Waals surface area contributed by atoms with Crippen molar-refractivity contribution in [3.63, 3.8) is 0 Å². The normalized spacial score (nSPS) is 16.9. The van der Waals surface area contributed by atoms with Crippen LogP contribution in [0.15, 0.2) is 24.3 Å². The highest BCUT2D eigenvalue weighted by molar-refractivity contribution is 7.71. The van der Waals surface area contributed by atoms with Crippen LogP contribution < -0.4 is 10.2 Å². The molecule has 0 unspecified atom stereocenters. The largest absolute Gasteiger partial charge is 0.333 e. The van der Waals surface area contributed by atoms with Crippen molar-refractivity contribution < 1.29 is 0 Å². The fraction of sp³-hybridized carbons (Fsp3) is 0.333. The molecule has 0 saturated heterocycles. The molecule has 0 amide bonds. The third-order valence-corrected chi connectivity index (χ3v) is 4.29. The minimum absolute atomic E-state index is 0.576. The van der Waals surface area contributed by atoms with Crippen LogP contribution in [0.1, 0.15) is 16.8 Å². The van der Waals surface area contributed by atoms with Gasteiger partial charge in [-0.05, 0) is 43.2 Å². The minimum Gasteiger partial charge on any atom is -0.333 e. The van der Waals surface area contributed by atoms with Crippen molar-refractivity contribution in [3.8, 4) is 0 Å². The van der Waals surface area contributed by atoms with E-state index in [-0.39, 0.29) is 0 Å². The van der Waals surface area contributed by atoms with Crippen molar-refractivity contribution in [2.45, 2.75) is 19.4 Å². The van der Waals surface area contributed by atoms with Gasteiger partial charge >= 0.3 is 0 Å². The van der Waals surface area contributed by atoms with E-state index in [4.69, 9.17) is 12.2 Å². The van der Waals surface area contributed by atoms with E-state index < -0.39 is 0 Å². The number of para-hydroxylation sites is 1. The van der Waals surface area contributed by atoms with Gasteiger partial charge in [-0.2, -0.15) is 0 Å². The second-order valence-corrected chi connectivity index (χ2v) is 5.67. The van der Waals surface area contributed by atoms with Crippen molar-refractivity contribution in [1.82, 2.24) is 15.3 Å². The first-order valence-electron chi connectivity index (χ1n) is 7.01. The lowest BCUT2D eigenvalue weighted by atomic mass is 10.1. The van der Waals surface area contributed by atoms with Crippen LogP contribution in [-0.4, -0.2) is 23.1 Å². The quantitative estimate of drug-likeness (QED) is 0.790. The van der Waals surface area contributed by atoms with E-state index in [2.05, 4.69) is 44.5 Å². The predicted molar refractivity (Wildman–Crippen MR) is 82.0 cm³/mol. The first-order chi connectivity index (χ1) is 9.83. The van der Waals surface area contributed by atoms with Crippen molar-refractivity contribution >= 4 is 23.7 Å². The summed E-state index contributed by atoms with van der Waals surface area (Å²) in [5.74, 6) is 1.05. The monoisotopic (exact) mass is 284 g/mol. The number of anilines is 2. The van der Waals surface area contributed by atoms with Crippen LogP contribution in [0.25, 0.3) is 0 Å². The Bertz CT molecular complexity index is 722. The summed E-state index contributed by atoms with van der Waals surface area (Å²) in [5.41, 5.74) is 5.18. The van der Waals surface area contributed by atoms with E-state index in [9.17, 15) is 0 Å². The van der Waals surface area contributed by atoms with Gasteiger partial charge in [0.15, 0.2) is 4.77 Å². The van der Waals surface area contributed by atoms with Gasteiger partial charge < -0.3 is 15.2 Å². The first-order valence-corrected chi connectivity index (χ1v) is 7.42. The van der Waals surface area contributed by atoms with Crippen LogP contribution in [-0.2, 0) is 19.4 Å². The Labute approximate surface area is 122 Å². The molecule has 0 saturated carbocycles. The maximum absolute atomic E-state index is 5.30. The van der Waals surface area contributed by atoms with Gasteiger partial charge in [0.25, 0.3) is 0 Å². The lowest BCUT2D eigenvalue weighted by Crippen LogP contribution is -2.28. The molecule has 0 bridgehead atoms. The highest BCUT2D eigenvalue weighted by Gasteiger charge is 2.25. The van der Waals surface area contributed by atoms with Gasteiger partial charge in [-0.15, -0.1) is 0 Å². The fourth-order valence-corrected chi connectivity index (χ4v) is 3.36. The van der Waals surface area contributed by atoms with E-state index in [0.717, 1.165) is 38.3 Å². The number of H-pyrrole nitrogens is 1. The third kappa shape index (κ3) is 1.85. The highest BCUT2D eigenvalue weighted by Crippen LogP contribution is 2.36. The molecule has 0 fully saturated rings. The lowest BCUT2D eigenvalue weighted by Gasteiger charge is -2.25. The number of hydrogen-bond donors (Lipinski definition) is 2. The van der Waals surface area contributed by atoms with Crippen LogP contribution in [0.3, 0.4) is 0 Å². The summed E-state index contributed by atoms with van der Waals surface area (Å²) >= 11 is 5.30. The molecule has 20 heavy (non-hydrogen) atoms. The molecule has 2 aliphatic rings. The SMILES string of the molecule is S=c1nc(N2CCc3ccccc32)c2c([nH]1)CNCC2. The Morgan fingerprint density at radius 2 is 2.10 bits per heavy atom. The average Bonchev–Trinajstić information content (AvgIpc) is 2.90. The molecule has 2 aliphatic heterocycles. The Kier molecular flexibility index (Phi) is 2.82. The van der Waals surface area contributed by atoms with Crippen LogP contribution in [0, 0.1) is 4.77 Å². The molecule has 2 aromatic rings. The van der Waals surface area contributed by atoms with Gasteiger partial charge in [-0.25, -0.2) is 4.98 Å². The molecule has 4 rings (SSSR count). The number of aromatic amines is 1. The average molecular weight is 284 g/mol. The van der Waals surface area contributed by atoms with E-state index in [1.165, 1.54) is 22.5 Å². The summed E-state index contributed by atoms with van der Waals surface area (Å²) in [4.78, 5) is 10.2. The van der Waals surface area contributed by atoms with Gasteiger partial charge in [0.05, 0.1) is 0 Å². The molecule has 0 spiro atoms. The summed E-state index contributed by atoms with van der Waals surface area (Å²) in [6, 6.07) is 8.57. The van der Waals surface area contributed by atoms with Gasteiger partial charge in [0.1, 0.15) is 5.82 Å². The molecule has 0 aliphatic carbocycles. The maximum Gasteiger partial charge on any atom is 0.199 e.